The minimum Gasteiger partial charge on any atom is -0.406 e. The number of phosphoric acid groups is 1. The van der Waals surface area contributed by atoms with Crippen molar-refractivity contribution in [2.45, 2.75) is 63.7 Å². The molecular formula is C32H42F3N2O9PSi2. The first-order chi connectivity index (χ1) is 22.6. The summed E-state index contributed by atoms with van der Waals surface area (Å²) in [7, 11) is -8.97. The number of carbonyl (C=O) groups is 1. The number of benzene rings is 2. The fourth-order valence-electron chi connectivity index (χ4n) is 4.10. The van der Waals surface area contributed by atoms with Crippen LogP contribution < -0.4 is 14.6 Å². The lowest BCUT2D eigenvalue weighted by atomic mass is 10.1. The highest BCUT2D eigenvalue weighted by Crippen LogP contribution is 2.46. The molecule has 268 valence electrons. The van der Waals surface area contributed by atoms with Crippen LogP contribution in [0, 0.1) is 0 Å². The Hall–Kier alpha value is -3.51. The molecule has 0 aliphatic rings. The molecule has 1 amide bonds. The number of aromatic nitrogens is 1. The van der Waals surface area contributed by atoms with E-state index < -0.39 is 59.5 Å². The van der Waals surface area contributed by atoms with Crippen LogP contribution in [0.1, 0.15) is 16.8 Å². The summed E-state index contributed by atoms with van der Waals surface area (Å²) in [5.41, 5.74) is 0.845. The number of alkyl halides is 3. The molecule has 2 aromatic carbocycles. The van der Waals surface area contributed by atoms with E-state index in [4.69, 9.17) is 18.7 Å². The number of phosphoric ester groups is 1. The van der Waals surface area contributed by atoms with E-state index in [2.05, 4.69) is 15.0 Å². The molecule has 0 bridgehead atoms. The predicted octanol–water partition coefficient (Wildman–Crippen LogP) is 8.69. The fourth-order valence-corrected chi connectivity index (χ4v) is 5.94. The van der Waals surface area contributed by atoms with Gasteiger partial charge in [0.1, 0.15) is 17.1 Å². The van der Waals surface area contributed by atoms with Crippen molar-refractivity contribution in [3.8, 4) is 11.5 Å². The Morgan fingerprint density at radius 1 is 0.898 bits per heavy atom. The molecule has 0 fully saturated rings. The highest BCUT2D eigenvalue weighted by Gasteiger charge is 2.45. The van der Waals surface area contributed by atoms with E-state index in [0.717, 1.165) is 23.8 Å². The molecule has 3 N–H and O–H groups in total. The van der Waals surface area contributed by atoms with Crippen LogP contribution in [0.3, 0.4) is 0 Å². The summed E-state index contributed by atoms with van der Waals surface area (Å²) in [5.74, 6) is -4.12. The molecule has 49 heavy (non-hydrogen) atoms. The fraction of sp³-hybridized carbons (Fsp3) is 0.375. The Kier molecular flexibility index (Phi) is 13.4. The maximum Gasteiger partial charge on any atom is 0.573 e. The third-order valence-electron chi connectivity index (χ3n) is 6.56. The molecule has 17 heteroatoms. The first kappa shape index (κ1) is 39.9. The third-order valence-corrected chi connectivity index (χ3v) is 10.4. The largest absolute Gasteiger partial charge is 0.573 e. The van der Waals surface area contributed by atoms with Gasteiger partial charge in [0.25, 0.3) is 0 Å². The van der Waals surface area contributed by atoms with Gasteiger partial charge >= 0.3 is 26.3 Å². The highest BCUT2D eigenvalue weighted by molar-refractivity contribution is 7.46. The molecule has 0 atom stereocenters. The molecule has 3 aromatic rings. The number of nitrogens with one attached hydrogen (secondary N) is 1. The number of carbonyl (C=O) groups excluding carboxylic acids is 1. The van der Waals surface area contributed by atoms with Gasteiger partial charge in [-0.05, 0) is 54.1 Å². The van der Waals surface area contributed by atoms with E-state index in [1.54, 1.807) is 24.3 Å². The summed E-state index contributed by atoms with van der Waals surface area (Å²) < 4.78 is 79.1. The normalized spacial score (nSPS) is 13.0. The van der Waals surface area contributed by atoms with Crippen LogP contribution in [0.25, 0.3) is 12.2 Å². The second-order valence-corrected chi connectivity index (χ2v) is 25.8. The van der Waals surface area contributed by atoms with Crippen molar-refractivity contribution in [2.24, 2.45) is 0 Å². The summed E-state index contributed by atoms with van der Waals surface area (Å²) in [5, 5.41) is 2.58. The number of halogens is 3. The molecule has 0 unspecified atom stereocenters. The SMILES string of the molecule is C[Si](C)(C)CCOC(OCC[Si](C)(C)C)(OC(=O)Nc1cccnc1C=Cc1ccccc1)c1cc(OC(F)(F)F)ccc1OP(=O)(O)O. The minimum atomic E-state index is -5.31. The Morgan fingerprint density at radius 3 is 2.06 bits per heavy atom. The summed E-state index contributed by atoms with van der Waals surface area (Å²) in [6.07, 6.45) is -1.35. The van der Waals surface area contributed by atoms with E-state index in [9.17, 15) is 32.3 Å². The van der Waals surface area contributed by atoms with Crippen LogP contribution in [0.2, 0.25) is 51.4 Å². The number of anilines is 1. The molecule has 0 aliphatic carbocycles. The van der Waals surface area contributed by atoms with Gasteiger partial charge in [-0.15, -0.1) is 13.2 Å². The van der Waals surface area contributed by atoms with Crippen LogP contribution in [0.5, 0.6) is 11.5 Å². The Labute approximate surface area is 285 Å². The number of amides is 1. The number of nitrogens with zero attached hydrogens (tertiary/aromatic N) is 1. The topological polar surface area (TPSA) is 146 Å². The van der Waals surface area contributed by atoms with Crippen LogP contribution in [0.4, 0.5) is 23.7 Å². The van der Waals surface area contributed by atoms with Crippen molar-refractivity contribution >= 4 is 47.9 Å². The van der Waals surface area contributed by atoms with Crippen LogP contribution in [-0.2, 0) is 24.7 Å². The lowest BCUT2D eigenvalue weighted by Crippen LogP contribution is -2.42. The molecule has 0 saturated heterocycles. The van der Waals surface area contributed by atoms with Gasteiger partial charge < -0.3 is 23.5 Å². The zero-order valence-electron chi connectivity index (χ0n) is 28.1. The zero-order chi connectivity index (χ0) is 36.5. The lowest BCUT2D eigenvalue weighted by molar-refractivity contribution is -0.364. The first-order valence-corrected chi connectivity index (χ1v) is 24.2. The number of hydrogen-bond donors (Lipinski definition) is 3. The van der Waals surface area contributed by atoms with Gasteiger partial charge in [-0.25, -0.2) is 9.36 Å². The molecule has 0 spiro atoms. The van der Waals surface area contributed by atoms with Crippen molar-refractivity contribution in [1.82, 2.24) is 4.98 Å². The van der Waals surface area contributed by atoms with E-state index in [1.807, 2.05) is 69.6 Å². The molecule has 0 saturated carbocycles. The van der Waals surface area contributed by atoms with E-state index in [1.165, 1.54) is 6.20 Å². The van der Waals surface area contributed by atoms with Gasteiger partial charge in [-0.3, -0.25) is 20.1 Å². The molecular weight excluding hydrogens is 700 g/mol. The Bertz CT molecular complexity index is 1610. The molecule has 0 aliphatic heterocycles. The maximum absolute atomic E-state index is 13.7. The van der Waals surface area contributed by atoms with Crippen molar-refractivity contribution in [1.29, 1.82) is 0 Å². The summed E-state index contributed by atoms with van der Waals surface area (Å²) in [6, 6.07) is 15.8. The van der Waals surface area contributed by atoms with Crippen LogP contribution in [-0.4, -0.2) is 56.6 Å². The Balaban J connectivity index is 2.15. The van der Waals surface area contributed by atoms with E-state index in [0.29, 0.717) is 17.8 Å². The molecule has 3 rings (SSSR count). The second-order valence-electron chi connectivity index (χ2n) is 13.4. The van der Waals surface area contributed by atoms with Gasteiger partial charge in [0.2, 0.25) is 0 Å². The van der Waals surface area contributed by atoms with E-state index in [-0.39, 0.29) is 18.9 Å². The predicted molar refractivity (Wildman–Crippen MR) is 185 cm³/mol. The molecule has 1 heterocycles. The maximum atomic E-state index is 13.7. The zero-order valence-corrected chi connectivity index (χ0v) is 31.0. The van der Waals surface area contributed by atoms with Gasteiger partial charge in [0, 0.05) is 22.3 Å². The van der Waals surface area contributed by atoms with Crippen molar-refractivity contribution in [3.63, 3.8) is 0 Å². The summed E-state index contributed by atoms with van der Waals surface area (Å²) >= 11 is 0. The average Bonchev–Trinajstić information content (AvgIpc) is 2.95. The van der Waals surface area contributed by atoms with Crippen LogP contribution >= 0.6 is 7.82 Å². The van der Waals surface area contributed by atoms with Crippen molar-refractivity contribution in [2.75, 3.05) is 18.5 Å². The third kappa shape index (κ3) is 14.5. The number of ether oxygens (including phenoxy) is 4. The Morgan fingerprint density at radius 2 is 1.51 bits per heavy atom. The quantitative estimate of drug-likeness (QED) is 0.0740. The second kappa shape index (κ2) is 16.5. The average molecular weight is 743 g/mol. The van der Waals surface area contributed by atoms with Gasteiger partial charge in [-0.1, -0.05) is 75.7 Å². The number of hydrogen-bond acceptors (Lipinski definition) is 8. The monoisotopic (exact) mass is 742 g/mol. The van der Waals surface area contributed by atoms with Crippen LogP contribution in [0.15, 0.2) is 66.9 Å². The van der Waals surface area contributed by atoms with Crippen molar-refractivity contribution < 1.29 is 55.8 Å². The molecule has 1 aromatic heterocycles. The first-order valence-electron chi connectivity index (χ1n) is 15.2. The lowest BCUT2D eigenvalue weighted by Gasteiger charge is -2.35. The minimum absolute atomic E-state index is 0.104. The standard InChI is InChI=1S/C32H42F3N2O9PSi2/c1-48(2,3)21-19-42-31(43-20-22-49(4,5)6,26-23-25(44-32(33,34)35)15-17-29(26)46-47(39,40)41)45-30(38)37-28-13-10-18-36-27(28)16-14-24-11-8-7-9-12-24/h7-18,23H,19-22H2,1-6H3,(H,37,38)(H2,39,40,41). The van der Waals surface area contributed by atoms with Gasteiger partial charge in [-0.2, -0.15) is 0 Å². The van der Waals surface area contributed by atoms with Crippen molar-refractivity contribution in [3.05, 3.63) is 83.7 Å². The summed E-state index contributed by atoms with van der Waals surface area (Å²) in [4.78, 5) is 37.4. The molecule has 11 nitrogen and oxygen atoms in total. The highest BCUT2D eigenvalue weighted by atomic mass is 31.2. The van der Waals surface area contributed by atoms with E-state index >= 15 is 0 Å². The number of pyridine rings is 1. The smallest absolute Gasteiger partial charge is 0.406 e. The van der Waals surface area contributed by atoms with Gasteiger partial charge in [0.05, 0.1) is 24.6 Å². The molecule has 0 radical (unpaired) electrons. The summed E-state index contributed by atoms with van der Waals surface area (Å²) in [6.45, 7) is 12.1. The number of rotatable bonds is 16. The van der Waals surface area contributed by atoms with Gasteiger partial charge in [0.15, 0.2) is 0 Å².